The van der Waals surface area contributed by atoms with E-state index in [0.29, 0.717) is 22.6 Å². The van der Waals surface area contributed by atoms with E-state index in [1.54, 1.807) is 30.3 Å². The first-order chi connectivity index (χ1) is 20.9. The molecule has 228 valence electrons. The summed E-state index contributed by atoms with van der Waals surface area (Å²) in [6.45, 7) is 0.137. The largest absolute Gasteiger partial charge is 0.481 e. The van der Waals surface area contributed by atoms with Gasteiger partial charge in [0.25, 0.3) is 10.0 Å². The molecular weight excluding hydrogens is 613 g/mol. The van der Waals surface area contributed by atoms with Crippen LogP contribution < -0.4 is 9.62 Å². The van der Waals surface area contributed by atoms with E-state index in [0.717, 1.165) is 26.9 Å². The minimum atomic E-state index is -4.51. The van der Waals surface area contributed by atoms with Gasteiger partial charge in [0, 0.05) is 23.6 Å². The maximum absolute atomic E-state index is 14.0. The van der Waals surface area contributed by atoms with Gasteiger partial charge in [-0.1, -0.05) is 54.6 Å². The number of rotatable bonds is 10. The second kappa shape index (κ2) is 12.7. The molecule has 1 heterocycles. The molecule has 0 radical (unpaired) electrons. The molecule has 7 nitrogen and oxygen atoms in total. The Labute approximate surface area is 256 Å². The van der Waals surface area contributed by atoms with E-state index in [1.807, 2.05) is 18.2 Å². The van der Waals surface area contributed by atoms with E-state index in [1.165, 1.54) is 48.2 Å². The second-order valence-corrected chi connectivity index (χ2v) is 13.1. The number of para-hydroxylation sites is 1. The Balaban J connectivity index is 1.36. The van der Waals surface area contributed by atoms with Gasteiger partial charge < -0.3 is 10.4 Å². The van der Waals surface area contributed by atoms with Crippen LogP contribution in [0.25, 0.3) is 11.1 Å². The molecule has 1 amide bonds. The van der Waals surface area contributed by atoms with Crippen LogP contribution in [0.2, 0.25) is 0 Å². The molecule has 0 unspecified atom stereocenters. The molecule has 5 rings (SSSR count). The summed E-state index contributed by atoms with van der Waals surface area (Å²) in [5.74, 6) is -0.974. The fourth-order valence-corrected chi connectivity index (χ4v) is 7.54. The molecule has 0 bridgehead atoms. The van der Waals surface area contributed by atoms with E-state index in [2.05, 4.69) is 5.32 Å². The van der Waals surface area contributed by atoms with Crippen molar-refractivity contribution in [2.45, 2.75) is 41.4 Å². The van der Waals surface area contributed by atoms with Crippen molar-refractivity contribution >= 4 is 39.3 Å². The van der Waals surface area contributed by atoms with Crippen molar-refractivity contribution in [1.82, 2.24) is 5.32 Å². The minimum Gasteiger partial charge on any atom is -0.481 e. The molecule has 0 aromatic heterocycles. The molecule has 1 atom stereocenters. The topological polar surface area (TPSA) is 104 Å². The van der Waals surface area contributed by atoms with Gasteiger partial charge in [0.2, 0.25) is 5.91 Å². The number of nitrogens with zero attached hydrogens (tertiary/aromatic N) is 1. The first kappa shape index (κ1) is 31.1. The van der Waals surface area contributed by atoms with E-state index in [-0.39, 0.29) is 29.8 Å². The average Bonchev–Trinajstić information content (AvgIpc) is 3.40. The number of carboxylic acids is 1. The quantitative estimate of drug-likeness (QED) is 0.195. The van der Waals surface area contributed by atoms with Crippen molar-refractivity contribution in [3.63, 3.8) is 0 Å². The molecule has 12 heteroatoms. The maximum Gasteiger partial charge on any atom is 0.416 e. The Hall–Kier alpha value is -4.29. The van der Waals surface area contributed by atoms with Crippen molar-refractivity contribution < 1.29 is 36.3 Å². The normalized spacial score (nSPS) is 14.7. The molecule has 44 heavy (non-hydrogen) atoms. The summed E-state index contributed by atoms with van der Waals surface area (Å²) < 4.78 is 68.6. The number of aliphatic carboxylic acids is 1. The molecular formula is C32H27F3N2O5S2. The number of hydrogen-bond acceptors (Lipinski definition) is 5. The maximum atomic E-state index is 14.0. The summed E-state index contributed by atoms with van der Waals surface area (Å²) in [7, 11) is -4.24. The zero-order valence-corrected chi connectivity index (χ0v) is 24.8. The summed E-state index contributed by atoms with van der Waals surface area (Å²) in [5, 5.41) is 11.7. The number of nitrogens with one attached hydrogen (secondary N) is 1. The van der Waals surface area contributed by atoms with Crippen LogP contribution in [0.1, 0.15) is 23.1 Å². The Morgan fingerprint density at radius 1 is 0.909 bits per heavy atom. The van der Waals surface area contributed by atoms with Crippen LogP contribution in [0.3, 0.4) is 0 Å². The molecule has 1 aliphatic rings. The standard InChI is InChI=1S/C32H27F3N2O5S2/c33-32(34,35)25-8-4-7-23(18-25)22-11-13-27(14-12-22)44(41,42)37-28-10-2-1-6-24(28)19-29(37)31(40)36-20-21-5-3-9-26(17-21)43-16-15-30(38)39/h1-14,17-18,29H,15-16,19-20H2,(H,36,40)(H,38,39)/t29-/m0/s1. The van der Waals surface area contributed by atoms with E-state index in [4.69, 9.17) is 5.11 Å². The van der Waals surface area contributed by atoms with E-state index >= 15 is 0 Å². The first-order valence-corrected chi connectivity index (χ1v) is 16.0. The number of sulfonamides is 1. The van der Waals surface area contributed by atoms with Gasteiger partial charge in [-0.2, -0.15) is 13.2 Å². The van der Waals surface area contributed by atoms with Gasteiger partial charge in [0.1, 0.15) is 6.04 Å². The van der Waals surface area contributed by atoms with Crippen molar-refractivity contribution in [3.05, 3.63) is 114 Å². The van der Waals surface area contributed by atoms with Crippen LogP contribution in [0.4, 0.5) is 18.9 Å². The van der Waals surface area contributed by atoms with Crippen LogP contribution in [0, 0.1) is 0 Å². The molecule has 4 aromatic carbocycles. The number of hydrogen-bond donors (Lipinski definition) is 2. The van der Waals surface area contributed by atoms with Gasteiger partial charge in [-0.3, -0.25) is 13.9 Å². The molecule has 0 spiro atoms. The van der Waals surface area contributed by atoms with Crippen molar-refractivity contribution in [2.75, 3.05) is 10.1 Å². The Bertz CT molecular complexity index is 1790. The highest BCUT2D eigenvalue weighted by molar-refractivity contribution is 7.99. The molecule has 0 saturated carbocycles. The minimum absolute atomic E-state index is 0.0200. The van der Waals surface area contributed by atoms with E-state index < -0.39 is 39.7 Å². The van der Waals surface area contributed by atoms with Crippen LogP contribution >= 0.6 is 11.8 Å². The molecule has 0 fully saturated rings. The number of halogens is 3. The molecule has 0 saturated heterocycles. The Morgan fingerprint density at radius 3 is 2.36 bits per heavy atom. The second-order valence-electron chi connectivity index (χ2n) is 10.1. The SMILES string of the molecule is O=C(O)CCSc1cccc(CNC(=O)[C@@H]2Cc3ccccc3N2S(=O)(=O)c2ccc(-c3cccc(C(F)(F)F)c3)cc2)c1. The van der Waals surface area contributed by atoms with Crippen molar-refractivity contribution in [1.29, 1.82) is 0 Å². The Kier molecular flexibility index (Phi) is 9.02. The highest BCUT2D eigenvalue weighted by Crippen LogP contribution is 2.38. The van der Waals surface area contributed by atoms with Crippen LogP contribution in [0.5, 0.6) is 0 Å². The highest BCUT2D eigenvalue weighted by Gasteiger charge is 2.42. The Morgan fingerprint density at radius 2 is 1.64 bits per heavy atom. The lowest BCUT2D eigenvalue weighted by molar-refractivity contribution is -0.138. The monoisotopic (exact) mass is 640 g/mol. The third-order valence-electron chi connectivity index (χ3n) is 7.11. The van der Waals surface area contributed by atoms with Gasteiger partial charge in [0.05, 0.1) is 22.6 Å². The van der Waals surface area contributed by atoms with Crippen LogP contribution in [-0.4, -0.2) is 37.2 Å². The number of anilines is 1. The summed E-state index contributed by atoms with van der Waals surface area (Å²) >= 11 is 1.39. The number of benzene rings is 4. The van der Waals surface area contributed by atoms with Gasteiger partial charge in [-0.25, -0.2) is 8.42 Å². The summed E-state index contributed by atoms with van der Waals surface area (Å²) in [5.41, 5.74) is 1.73. The van der Waals surface area contributed by atoms with Gasteiger partial charge >= 0.3 is 12.1 Å². The number of amides is 1. The third-order valence-corrected chi connectivity index (χ3v) is 9.94. The smallest absolute Gasteiger partial charge is 0.416 e. The van der Waals surface area contributed by atoms with Crippen molar-refractivity contribution in [3.8, 4) is 11.1 Å². The molecule has 2 N–H and O–H groups in total. The van der Waals surface area contributed by atoms with Crippen molar-refractivity contribution in [2.24, 2.45) is 0 Å². The highest BCUT2D eigenvalue weighted by atomic mass is 32.2. The molecule has 1 aliphatic heterocycles. The lowest BCUT2D eigenvalue weighted by Gasteiger charge is -2.26. The fourth-order valence-electron chi connectivity index (χ4n) is 4.97. The summed E-state index contributed by atoms with van der Waals surface area (Å²) in [6.07, 6.45) is -4.33. The number of carboxylic acid groups (broad SMARTS) is 1. The number of fused-ring (bicyclic) bond motifs is 1. The predicted molar refractivity (Wildman–Crippen MR) is 162 cm³/mol. The fraction of sp³-hybridized carbons (Fsp3) is 0.188. The number of carbonyl (C=O) groups excluding carboxylic acids is 1. The van der Waals surface area contributed by atoms with Crippen LogP contribution in [0.15, 0.2) is 107 Å². The summed E-state index contributed by atoms with van der Waals surface area (Å²) in [4.78, 5) is 25.0. The van der Waals surface area contributed by atoms with Crippen LogP contribution in [-0.2, 0) is 38.8 Å². The zero-order valence-electron chi connectivity index (χ0n) is 23.1. The van der Waals surface area contributed by atoms with Gasteiger partial charge in [-0.15, -0.1) is 11.8 Å². The predicted octanol–water partition coefficient (Wildman–Crippen LogP) is 6.38. The zero-order chi connectivity index (χ0) is 31.5. The third kappa shape index (κ3) is 6.92. The summed E-state index contributed by atoms with van der Waals surface area (Å²) in [6, 6.07) is 23.4. The van der Waals surface area contributed by atoms with Gasteiger partial charge in [0.15, 0.2) is 0 Å². The first-order valence-electron chi connectivity index (χ1n) is 13.5. The lowest BCUT2D eigenvalue weighted by Crippen LogP contribution is -2.47. The number of alkyl halides is 3. The van der Waals surface area contributed by atoms with E-state index in [9.17, 15) is 31.2 Å². The number of thioether (sulfide) groups is 1. The molecule has 0 aliphatic carbocycles. The number of carbonyl (C=O) groups is 2. The molecule has 4 aromatic rings. The average molecular weight is 641 g/mol. The van der Waals surface area contributed by atoms with Gasteiger partial charge in [-0.05, 0) is 64.7 Å². The lowest BCUT2D eigenvalue weighted by atomic mass is 10.0.